The molecular formula is C17H22N4O2. The van der Waals surface area contributed by atoms with Gasteiger partial charge in [-0.2, -0.15) is 0 Å². The van der Waals surface area contributed by atoms with Crippen LogP contribution in [-0.4, -0.2) is 42.4 Å². The van der Waals surface area contributed by atoms with E-state index in [4.69, 9.17) is 9.47 Å². The summed E-state index contributed by atoms with van der Waals surface area (Å²) in [4.78, 5) is 10.9. The molecular weight excluding hydrogens is 292 g/mol. The van der Waals surface area contributed by atoms with E-state index in [1.807, 2.05) is 44.2 Å². The third kappa shape index (κ3) is 4.10. The van der Waals surface area contributed by atoms with Crippen LogP contribution in [0.1, 0.15) is 13.8 Å². The van der Waals surface area contributed by atoms with Crippen LogP contribution < -0.4 is 15.0 Å². The summed E-state index contributed by atoms with van der Waals surface area (Å²) in [6.07, 6.45) is 1.70. The molecule has 0 spiro atoms. The van der Waals surface area contributed by atoms with Crippen LogP contribution in [0.5, 0.6) is 5.75 Å². The molecule has 122 valence electrons. The molecule has 0 saturated carbocycles. The molecule has 1 aromatic heterocycles. The lowest BCUT2D eigenvalue weighted by atomic mass is 10.3. The van der Waals surface area contributed by atoms with E-state index in [0.717, 1.165) is 49.4 Å². The van der Waals surface area contributed by atoms with Crippen molar-refractivity contribution in [3.63, 3.8) is 0 Å². The standard InChI is InChI=1S/C17H22N4O2/c1-13(2)23-15-6-4-3-5-14(15)20-16-11-17(19-12-18-16)21-7-9-22-10-8-21/h3-6,11-13H,7-10H2,1-2H3,(H,18,19,20). The number of nitrogens with zero attached hydrogens (tertiary/aromatic N) is 3. The topological polar surface area (TPSA) is 59.5 Å². The van der Waals surface area contributed by atoms with Gasteiger partial charge in [-0.15, -0.1) is 0 Å². The van der Waals surface area contributed by atoms with Crippen LogP contribution in [0, 0.1) is 0 Å². The van der Waals surface area contributed by atoms with Crippen LogP contribution in [0.3, 0.4) is 0 Å². The van der Waals surface area contributed by atoms with E-state index >= 15 is 0 Å². The number of hydrogen-bond donors (Lipinski definition) is 1. The number of aromatic nitrogens is 2. The van der Waals surface area contributed by atoms with Gasteiger partial charge in [0.1, 0.15) is 23.7 Å². The summed E-state index contributed by atoms with van der Waals surface area (Å²) in [5.74, 6) is 2.48. The van der Waals surface area contributed by atoms with Crippen molar-refractivity contribution < 1.29 is 9.47 Å². The monoisotopic (exact) mass is 314 g/mol. The molecule has 1 saturated heterocycles. The minimum atomic E-state index is 0.118. The van der Waals surface area contributed by atoms with Crippen molar-refractivity contribution in [1.29, 1.82) is 0 Å². The molecule has 0 amide bonds. The number of rotatable bonds is 5. The summed E-state index contributed by atoms with van der Waals surface area (Å²) in [6, 6.07) is 9.82. The van der Waals surface area contributed by atoms with Gasteiger partial charge < -0.3 is 19.7 Å². The Labute approximate surface area is 136 Å². The minimum Gasteiger partial charge on any atom is -0.489 e. The van der Waals surface area contributed by atoms with Crippen molar-refractivity contribution in [2.45, 2.75) is 20.0 Å². The zero-order chi connectivity index (χ0) is 16.1. The Kier molecular flexibility index (Phi) is 4.92. The van der Waals surface area contributed by atoms with Crippen molar-refractivity contribution in [3.8, 4) is 5.75 Å². The summed E-state index contributed by atoms with van der Waals surface area (Å²) >= 11 is 0. The lowest BCUT2D eigenvalue weighted by Gasteiger charge is -2.27. The van der Waals surface area contributed by atoms with Gasteiger partial charge in [0, 0.05) is 19.2 Å². The first-order chi connectivity index (χ1) is 11.2. The van der Waals surface area contributed by atoms with Gasteiger partial charge in [0.15, 0.2) is 0 Å². The highest BCUT2D eigenvalue weighted by Gasteiger charge is 2.13. The van der Waals surface area contributed by atoms with Gasteiger partial charge >= 0.3 is 0 Å². The molecule has 0 aliphatic carbocycles. The summed E-state index contributed by atoms with van der Waals surface area (Å²) in [5, 5.41) is 3.32. The first-order valence-corrected chi connectivity index (χ1v) is 7.90. The van der Waals surface area contributed by atoms with Crippen molar-refractivity contribution in [3.05, 3.63) is 36.7 Å². The van der Waals surface area contributed by atoms with E-state index < -0.39 is 0 Å². The van der Waals surface area contributed by atoms with Crippen LogP contribution in [0.4, 0.5) is 17.3 Å². The molecule has 23 heavy (non-hydrogen) atoms. The Morgan fingerprint density at radius 2 is 1.96 bits per heavy atom. The van der Waals surface area contributed by atoms with E-state index in [1.54, 1.807) is 6.33 Å². The summed E-state index contributed by atoms with van der Waals surface area (Å²) in [5.41, 5.74) is 0.896. The lowest BCUT2D eigenvalue weighted by molar-refractivity contribution is 0.122. The maximum Gasteiger partial charge on any atom is 0.143 e. The maximum atomic E-state index is 5.83. The fraction of sp³-hybridized carbons (Fsp3) is 0.412. The smallest absolute Gasteiger partial charge is 0.143 e. The van der Waals surface area contributed by atoms with Gasteiger partial charge in [0.2, 0.25) is 0 Å². The molecule has 6 heteroatoms. The third-order valence-electron chi connectivity index (χ3n) is 3.50. The van der Waals surface area contributed by atoms with Gasteiger partial charge in [0.25, 0.3) is 0 Å². The molecule has 1 fully saturated rings. The van der Waals surface area contributed by atoms with Crippen LogP contribution >= 0.6 is 0 Å². The normalized spacial score (nSPS) is 14.8. The van der Waals surface area contributed by atoms with Gasteiger partial charge in [-0.1, -0.05) is 12.1 Å². The molecule has 0 unspecified atom stereocenters. The fourth-order valence-corrected chi connectivity index (χ4v) is 2.45. The Hall–Kier alpha value is -2.34. The Morgan fingerprint density at radius 1 is 1.17 bits per heavy atom. The highest BCUT2D eigenvalue weighted by molar-refractivity contribution is 5.65. The second kappa shape index (κ2) is 7.28. The molecule has 3 rings (SSSR count). The third-order valence-corrected chi connectivity index (χ3v) is 3.50. The molecule has 0 bridgehead atoms. The zero-order valence-corrected chi connectivity index (χ0v) is 13.5. The predicted molar refractivity (Wildman–Crippen MR) is 90.6 cm³/mol. The van der Waals surface area contributed by atoms with Crippen LogP contribution in [0.15, 0.2) is 36.7 Å². The summed E-state index contributed by atoms with van der Waals surface area (Å²) in [7, 11) is 0. The largest absolute Gasteiger partial charge is 0.489 e. The predicted octanol–water partition coefficient (Wildman–Crippen LogP) is 2.84. The van der Waals surface area contributed by atoms with Crippen molar-refractivity contribution in [1.82, 2.24) is 9.97 Å². The first-order valence-electron chi connectivity index (χ1n) is 7.90. The van der Waals surface area contributed by atoms with E-state index in [9.17, 15) is 0 Å². The number of para-hydroxylation sites is 2. The average Bonchev–Trinajstić information content (AvgIpc) is 2.57. The molecule has 0 atom stereocenters. The molecule has 2 heterocycles. The van der Waals surface area contributed by atoms with E-state index in [-0.39, 0.29) is 6.10 Å². The molecule has 0 radical (unpaired) electrons. The number of nitrogens with one attached hydrogen (secondary N) is 1. The van der Waals surface area contributed by atoms with Crippen molar-refractivity contribution in [2.75, 3.05) is 36.5 Å². The number of hydrogen-bond acceptors (Lipinski definition) is 6. The molecule has 1 N–H and O–H groups in total. The molecule has 2 aromatic rings. The Bertz CT molecular complexity index is 642. The number of anilines is 3. The lowest BCUT2D eigenvalue weighted by Crippen LogP contribution is -2.36. The van der Waals surface area contributed by atoms with E-state index in [0.29, 0.717) is 0 Å². The number of morpholine rings is 1. The first kappa shape index (κ1) is 15.6. The summed E-state index contributed by atoms with van der Waals surface area (Å²) in [6.45, 7) is 7.19. The maximum absolute atomic E-state index is 5.83. The molecule has 1 aliphatic rings. The average molecular weight is 314 g/mol. The Morgan fingerprint density at radius 3 is 2.74 bits per heavy atom. The van der Waals surface area contributed by atoms with Crippen LogP contribution in [0.2, 0.25) is 0 Å². The van der Waals surface area contributed by atoms with Gasteiger partial charge in [-0.05, 0) is 26.0 Å². The van der Waals surface area contributed by atoms with Crippen LogP contribution in [-0.2, 0) is 4.74 Å². The van der Waals surface area contributed by atoms with Crippen molar-refractivity contribution in [2.24, 2.45) is 0 Å². The number of benzene rings is 1. The second-order valence-electron chi connectivity index (χ2n) is 5.65. The van der Waals surface area contributed by atoms with Gasteiger partial charge in [-0.25, -0.2) is 9.97 Å². The van der Waals surface area contributed by atoms with Gasteiger partial charge in [-0.3, -0.25) is 0 Å². The highest BCUT2D eigenvalue weighted by atomic mass is 16.5. The zero-order valence-electron chi connectivity index (χ0n) is 13.5. The minimum absolute atomic E-state index is 0.118. The Balaban J connectivity index is 1.78. The molecule has 1 aliphatic heterocycles. The fourth-order valence-electron chi connectivity index (χ4n) is 2.45. The van der Waals surface area contributed by atoms with Gasteiger partial charge in [0.05, 0.1) is 25.0 Å². The number of ether oxygens (including phenoxy) is 2. The van der Waals surface area contributed by atoms with E-state index in [1.165, 1.54) is 0 Å². The van der Waals surface area contributed by atoms with Crippen molar-refractivity contribution >= 4 is 17.3 Å². The van der Waals surface area contributed by atoms with Crippen LogP contribution in [0.25, 0.3) is 0 Å². The molecule has 6 nitrogen and oxygen atoms in total. The second-order valence-corrected chi connectivity index (χ2v) is 5.65. The van der Waals surface area contributed by atoms with E-state index in [2.05, 4.69) is 20.2 Å². The highest BCUT2D eigenvalue weighted by Crippen LogP contribution is 2.28. The molecule has 1 aromatic carbocycles. The quantitative estimate of drug-likeness (QED) is 0.916. The SMILES string of the molecule is CC(C)Oc1ccccc1Nc1cc(N2CCOCC2)ncn1. The summed E-state index contributed by atoms with van der Waals surface area (Å²) < 4.78 is 11.2.